The summed E-state index contributed by atoms with van der Waals surface area (Å²) >= 11 is 5.94. The van der Waals surface area contributed by atoms with E-state index in [-0.39, 0.29) is 25.5 Å². The molecule has 0 fully saturated rings. The Bertz CT molecular complexity index is 435. The van der Waals surface area contributed by atoms with E-state index in [1.807, 2.05) is 19.1 Å². The van der Waals surface area contributed by atoms with Crippen LogP contribution in [0.2, 0.25) is 5.02 Å². The third-order valence-corrected chi connectivity index (χ3v) is 3.19. The Labute approximate surface area is 125 Å². The maximum absolute atomic E-state index is 11.6. The van der Waals surface area contributed by atoms with Crippen molar-refractivity contribution >= 4 is 17.5 Å². The molecule has 1 aromatic carbocycles. The van der Waals surface area contributed by atoms with Gasteiger partial charge >= 0.3 is 0 Å². The fourth-order valence-corrected chi connectivity index (χ4v) is 2.01. The molecule has 0 saturated carbocycles. The van der Waals surface area contributed by atoms with Gasteiger partial charge in [-0.15, -0.1) is 0 Å². The Morgan fingerprint density at radius 1 is 1.45 bits per heavy atom. The monoisotopic (exact) mass is 299 g/mol. The Balaban J connectivity index is 2.26. The first-order chi connectivity index (χ1) is 9.44. The molecule has 0 aliphatic heterocycles. The van der Waals surface area contributed by atoms with Gasteiger partial charge in [-0.25, -0.2) is 0 Å². The van der Waals surface area contributed by atoms with E-state index in [1.54, 1.807) is 19.1 Å². The summed E-state index contributed by atoms with van der Waals surface area (Å²) < 4.78 is 5.43. The van der Waals surface area contributed by atoms with Crippen LogP contribution in [0.25, 0.3) is 0 Å². The minimum absolute atomic E-state index is 0.145. The van der Waals surface area contributed by atoms with Crippen LogP contribution in [0.1, 0.15) is 33.1 Å². The van der Waals surface area contributed by atoms with Gasteiger partial charge in [0.05, 0.1) is 23.7 Å². The van der Waals surface area contributed by atoms with Crippen molar-refractivity contribution in [3.8, 4) is 5.75 Å². The van der Waals surface area contributed by atoms with Gasteiger partial charge in [-0.05, 0) is 25.5 Å². The molecule has 112 valence electrons. The van der Waals surface area contributed by atoms with E-state index in [1.165, 1.54) is 0 Å². The number of halogens is 1. The molecule has 4 nitrogen and oxygen atoms in total. The zero-order valence-corrected chi connectivity index (χ0v) is 12.7. The molecule has 0 aliphatic rings. The topological polar surface area (TPSA) is 58.6 Å². The summed E-state index contributed by atoms with van der Waals surface area (Å²) in [6.07, 6.45) is 1.76. The number of carbonyl (C=O) groups excluding carboxylic acids is 1. The van der Waals surface area contributed by atoms with Gasteiger partial charge in [0.15, 0.2) is 0 Å². The predicted molar refractivity (Wildman–Crippen MR) is 80.1 cm³/mol. The van der Waals surface area contributed by atoms with Crippen LogP contribution < -0.4 is 10.1 Å². The molecule has 1 atom stereocenters. The number of para-hydroxylation sites is 1. The van der Waals surface area contributed by atoms with Gasteiger partial charge < -0.3 is 15.2 Å². The number of rotatable bonds is 8. The molecule has 5 heteroatoms. The SMILES string of the molecule is CCCC(C)(O)CNC(=O)CCOc1ccccc1Cl. The Kier molecular flexibility index (Phi) is 6.82. The average molecular weight is 300 g/mol. The summed E-state index contributed by atoms with van der Waals surface area (Å²) in [6, 6.07) is 7.13. The smallest absolute Gasteiger partial charge is 0.223 e. The molecule has 0 aromatic heterocycles. The van der Waals surface area contributed by atoms with Gasteiger partial charge in [0.1, 0.15) is 5.75 Å². The van der Waals surface area contributed by atoms with Crippen LogP contribution in [0, 0.1) is 0 Å². The summed E-state index contributed by atoms with van der Waals surface area (Å²) in [5.41, 5.74) is -0.853. The van der Waals surface area contributed by atoms with Gasteiger partial charge in [0.2, 0.25) is 5.91 Å². The fourth-order valence-electron chi connectivity index (χ4n) is 1.82. The van der Waals surface area contributed by atoms with Crippen molar-refractivity contribution in [3.63, 3.8) is 0 Å². The summed E-state index contributed by atoms with van der Waals surface area (Å²) in [5.74, 6) is 0.424. The van der Waals surface area contributed by atoms with E-state index in [0.29, 0.717) is 17.2 Å². The molecule has 0 aliphatic carbocycles. The number of nitrogens with one attached hydrogen (secondary N) is 1. The maximum Gasteiger partial charge on any atom is 0.223 e. The zero-order valence-electron chi connectivity index (χ0n) is 12.0. The molecule has 0 saturated heterocycles. The van der Waals surface area contributed by atoms with Crippen molar-refractivity contribution in [2.75, 3.05) is 13.2 Å². The van der Waals surface area contributed by atoms with Crippen molar-refractivity contribution in [2.45, 2.75) is 38.7 Å². The molecule has 2 N–H and O–H groups in total. The van der Waals surface area contributed by atoms with Crippen molar-refractivity contribution < 1.29 is 14.6 Å². The highest BCUT2D eigenvalue weighted by atomic mass is 35.5. The highest BCUT2D eigenvalue weighted by Crippen LogP contribution is 2.23. The molecule has 1 amide bonds. The minimum Gasteiger partial charge on any atom is -0.491 e. The van der Waals surface area contributed by atoms with Crippen molar-refractivity contribution in [2.24, 2.45) is 0 Å². The van der Waals surface area contributed by atoms with Crippen molar-refractivity contribution in [3.05, 3.63) is 29.3 Å². The van der Waals surface area contributed by atoms with Crippen LogP contribution in [0.4, 0.5) is 0 Å². The summed E-state index contributed by atoms with van der Waals surface area (Å²) in [6.45, 7) is 4.22. The molecule has 0 bridgehead atoms. The molecule has 1 aromatic rings. The Morgan fingerprint density at radius 3 is 2.80 bits per heavy atom. The summed E-state index contributed by atoms with van der Waals surface area (Å²) in [7, 11) is 0. The predicted octanol–water partition coefficient (Wildman–Crippen LogP) is 2.78. The number of benzene rings is 1. The summed E-state index contributed by atoms with van der Waals surface area (Å²) in [5, 5.41) is 13.2. The fraction of sp³-hybridized carbons (Fsp3) is 0.533. The van der Waals surface area contributed by atoms with E-state index in [0.717, 1.165) is 6.42 Å². The summed E-state index contributed by atoms with van der Waals surface area (Å²) in [4.78, 5) is 11.6. The number of ether oxygens (including phenoxy) is 1. The number of hydrogen-bond donors (Lipinski definition) is 2. The molecule has 1 unspecified atom stereocenters. The van der Waals surface area contributed by atoms with Crippen LogP contribution in [-0.2, 0) is 4.79 Å². The number of aliphatic hydroxyl groups is 1. The molecule has 0 spiro atoms. The molecule has 1 rings (SSSR count). The first kappa shape index (κ1) is 16.8. The third-order valence-electron chi connectivity index (χ3n) is 2.88. The molecular formula is C15H22ClNO3. The Morgan fingerprint density at radius 2 is 2.15 bits per heavy atom. The molecular weight excluding hydrogens is 278 g/mol. The van der Waals surface area contributed by atoms with Crippen LogP contribution in [0.5, 0.6) is 5.75 Å². The lowest BCUT2D eigenvalue weighted by molar-refractivity contribution is -0.122. The zero-order chi connectivity index (χ0) is 15.0. The third kappa shape index (κ3) is 6.26. The van der Waals surface area contributed by atoms with E-state index in [4.69, 9.17) is 16.3 Å². The van der Waals surface area contributed by atoms with E-state index in [2.05, 4.69) is 5.32 Å². The first-order valence-electron chi connectivity index (χ1n) is 6.81. The highest BCUT2D eigenvalue weighted by molar-refractivity contribution is 6.32. The van der Waals surface area contributed by atoms with Crippen molar-refractivity contribution in [1.29, 1.82) is 0 Å². The quantitative estimate of drug-likeness (QED) is 0.776. The van der Waals surface area contributed by atoms with Crippen LogP contribution >= 0.6 is 11.6 Å². The lowest BCUT2D eigenvalue weighted by Gasteiger charge is -2.22. The second-order valence-corrected chi connectivity index (χ2v) is 5.46. The van der Waals surface area contributed by atoms with Gasteiger partial charge in [-0.3, -0.25) is 4.79 Å². The number of hydrogen-bond acceptors (Lipinski definition) is 3. The maximum atomic E-state index is 11.6. The van der Waals surface area contributed by atoms with Crippen LogP contribution in [0.3, 0.4) is 0 Å². The molecule has 0 heterocycles. The minimum atomic E-state index is -0.853. The van der Waals surface area contributed by atoms with Gasteiger partial charge in [0.25, 0.3) is 0 Å². The average Bonchev–Trinajstić information content (AvgIpc) is 2.39. The van der Waals surface area contributed by atoms with Gasteiger partial charge in [0, 0.05) is 6.54 Å². The van der Waals surface area contributed by atoms with Crippen molar-refractivity contribution in [1.82, 2.24) is 5.32 Å². The molecule has 20 heavy (non-hydrogen) atoms. The Hall–Kier alpha value is -1.26. The molecule has 0 radical (unpaired) electrons. The number of amides is 1. The largest absolute Gasteiger partial charge is 0.491 e. The van der Waals surface area contributed by atoms with E-state index < -0.39 is 5.60 Å². The van der Waals surface area contributed by atoms with E-state index >= 15 is 0 Å². The lowest BCUT2D eigenvalue weighted by Crippen LogP contribution is -2.40. The van der Waals surface area contributed by atoms with E-state index in [9.17, 15) is 9.90 Å². The van der Waals surface area contributed by atoms with Crippen LogP contribution in [-0.4, -0.2) is 29.8 Å². The number of carbonyl (C=O) groups is 1. The standard InChI is InChI=1S/C15H22ClNO3/c1-3-9-15(2,19)11-17-14(18)8-10-20-13-7-5-4-6-12(13)16/h4-7,19H,3,8-11H2,1-2H3,(H,17,18). The van der Waals surface area contributed by atoms with Gasteiger partial charge in [-0.1, -0.05) is 37.1 Å². The van der Waals surface area contributed by atoms with Gasteiger partial charge in [-0.2, -0.15) is 0 Å². The lowest BCUT2D eigenvalue weighted by atomic mass is 10.0. The highest BCUT2D eigenvalue weighted by Gasteiger charge is 2.19. The second kappa shape index (κ2) is 8.12. The first-order valence-corrected chi connectivity index (χ1v) is 7.19. The second-order valence-electron chi connectivity index (χ2n) is 5.05. The normalized spacial score (nSPS) is 13.6. The van der Waals surface area contributed by atoms with Crippen LogP contribution in [0.15, 0.2) is 24.3 Å².